The highest BCUT2D eigenvalue weighted by Gasteiger charge is 2.27. The molecule has 104 valence electrons. The van der Waals surface area contributed by atoms with Crippen molar-refractivity contribution >= 4 is 16.0 Å². The van der Waals surface area contributed by atoms with E-state index in [9.17, 15) is 13.2 Å². The summed E-state index contributed by atoms with van der Waals surface area (Å²) in [5, 5.41) is 17.9. The van der Waals surface area contributed by atoms with Gasteiger partial charge >= 0.3 is 5.97 Å². The summed E-state index contributed by atoms with van der Waals surface area (Å²) in [6, 6.07) is 5.35. The Labute approximate surface area is 111 Å². The van der Waals surface area contributed by atoms with Crippen molar-refractivity contribution < 1.29 is 23.4 Å². The second kappa shape index (κ2) is 6.46. The van der Waals surface area contributed by atoms with Crippen molar-refractivity contribution in [3.8, 4) is 0 Å². The fourth-order valence-corrected chi connectivity index (χ4v) is 3.16. The van der Waals surface area contributed by atoms with Crippen molar-refractivity contribution in [3.05, 3.63) is 42.5 Å². The maximum absolute atomic E-state index is 12.3. The van der Waals surface area contributed by atoms with Gasteiger partial charge in [-0.3, -0.25) is 0 Å². The number of carbonyl (C=O) groups is 1. The molecule has 2 N–H and O–H groups in total. The summed E-state index contributed by atoms with van der Waals surface area (Å²) in [4.78, 5) is 10.8. The van der Waals surface area contributed by atoms with E-state index in [1.165, 1.54) is 30.3 Å². The molecule has 0 radical (unpaired) electrons. The minimum absolute atomic E-state index is 0.00313. The van der Waals surface area contributed by atoms with Crippen molar-refractivity contribution in [1.82, 2.24) is 4.31 Å². The first-order valence-electron chi connectivity index (χ1n) is 5.49. The zero-order valence-electron chi connectivity index (χ0n) is 10.2. The van der Waals surface area contributed by atoms with Gasteiger partial charge in [-0.25, -0.2) is 13.2 Å². The minimum atomic E-state index is -3.98. The smallest absolute Gasteiger partial charge is 0.337 e. The average molecular weight is 285 g/mol. The van der Waals surface area contributed by atoms with Gasteiger partial charge in [0.1, 0.15) is 0 Å². The Hall–Kier alpha value is -1.70. The van der Waals surface area contributed by atoms with E-state index in [1.807, 2.05) is 0 Å². The Kier molecular flexibility index (Phi) is 5.22. The summed E-state index contributed by atoms with van der Waals surface area (Å²) in [5.74, 6) is -1.32. The number of sulfonamides is 1. The fraction of sp³-hybridized carbons (Fsp3) is 0.250. The van der Waals surface area contributed by atoms with Crippen molar-refractivity contribution in [3.63, 3.8) is 0 Å². The number of hydrogen-bond donors (Lipinski definition) is 2. The lowest BCUT2D eigenvalue weighted by Gasteiger charge is -2.20. The standard InChI is InChI=1S/C12H15NO5S/c1-2-7-13(8-9-14)19(17,18)11-6-4-3-5-10(11)12(15)16/h2-6,14H,1,7-9H2,(H,15,16). The molecule has 0 fully saturated rings. The van der Waals surface area contributed by atoms with Gasteiger partial charge in [0.05, 0.1) is 17.1 Å². The molecule has 0 aliphatic heterocycles. The van der Waals surface area contributed by atoms with Crippen LogP contribution in [0.15, 0.2) is 41.8 Å². The number of aromatic carboxylic acids is 1. The number of hydrogen-bond acceptors (Lipinski definition) is 4. The van der Waals surface area contributed by atoms with Crippen LogP contribution >= 0.6 is 0 Å². The molecule has 1 rings (SSSR count). The Bertz CT molecular complexity index is 567. The molecule has 1 aromatic rings. The van der Waals surface area contributed by atoms with Gasteiger partial charge < -0.3 is 10.2 Å². The minimum Gasteiger partial charge on any atom is -0.478 e. The molecule has 0 saturated carbocycles. The van der Waals surface area contributed by atoms with Gasteiger partial charge in [-0.1, -0.05) is 18.2 Å². The molecule has 0 bridgehead atoms. The molecule has 19 heavy (non-hydrogen) atoms. The van der Waals surface area contributed by atoms with Crippen LogP contribution in [0.1, 0.15) is 10.4 Å². The lowest BCUT2D eigenvalue weighted by atomic mass is 10.2. The van der Waals surface area contributed by atoms with E-state index in [-0.39, 0.29) is 30.2 Å². The van der Waals surface area contributed by atoms with Crippen molar-refractivity contribution in [2.75, 3.05) is 19.7 Å². The number of aliphatic hydroxyl groups excluding tert-OH is 1. The third kappa shape index (κ3) is 3.40. The summed E-state index contributed by atoms with van der Waals surface area (Å²) in [7, 11) is -3.98. The van der Waals surface area contributed by atoms with Crippen LogP contribution in [0.5, 0.6) is 0 Å². The lowest BCUT2D eigenvalue weighted by molar-refractivity contribution is 0.0692. The predicted octanol–water partition coefficient (Wildman–Crippen LogP) is 0.554. The Balaban J connectivity index is 3.32. The van der Waals surface area contributed by atoms with Gasteiger partial charge in [0.15, 0.2) is 0 Å². The van der Waals surface area contributed by atoms with Crippen LogP contribution in [0.4, 0.5) is 0 Å². The number of carboxylic acid groups (broad SMARTS) is 1. The molecule has 0 atom stereocenters. The molecule has 0 amide bonds. The number of carboxylic acids is 1. The average Bonchev–Trinajstić information content (AvgIpc) is 2.38. The number of rotatable bonds is 7. The molecule has 0 spiro atoms. The molecule has 1 aromatic carbocycles. The predicted molar refractivity (Wildman–Crippen MR) is 69.4 cm³/mol. The molecule has 0 aromatic heterocycles. The van der Waals surface area contributed by atoms with E-state index in [0.29, 0.717) is 0 Å². The first-order valence-corrected chi connectivity index (χ1v) is 6.93. The topological polar surface area (TPSA) is 94.9 Å². The molecule has 0 saturated heterocycles. The quantitative estimate of drug-likeness (QED) is 0.714. The highest BCUT2D eigenvalue weighted by atomic mass is 32.2. The molecule has 0 unspecified atom stereocenters. The monoisotopic (exact) mass is 285 g/mol. The summed E-state index contributed by atoms with van der Waals surface area (Å²) < 4.78 is 25.7. The van der Waals surface area contributed by atoms with E-state index < -0.39 is 16.0 Å². The SMILES string of the molecule is C=CCN(CCO)S(=O)(=O)c1ccccc1C(=O)O. The molecule has 0 aliphatic rings. The van der Waals surface area contributed by atoms with Gasteiger partial charge in [-0.05, 0) is 12.1 Å². The summed E-state index contributed by atoms with van der Waals surface area (Å²) in [6.07, 6.45) is 1.37. The van der Waals surface area contributed by atoms with Crippen LogP contribution in [-0.2, 0) is 10.0 Å². The normalized spacial score (nSPS) is 11.5. The molecule has 0 aliphatic carbocycles. The highest BCUT2D eigenvalue weighted by molar-refractivity contribution is 7.89. The molecule has 6 nitrogen and oxygen atoms in total. The lowest BCUT2D eigenvalue weighted by Crippen LogP contribution is -2.34. The zero-order chi connectivity index (χ0) is 14.5. The van der Waals surface area contributed by atoms with E-state index >= 15 is 0 Å². The van der Waals surface area contributed by atoms with Gasteiger partial charge in [-0.2, -0.15) is 4.31 Å². The van der Waals surface area contributed by atoms with Crippen LogP contribution in [0.25, 0.3) is 0 Å². The van der Waals surface area contributed by atoms with Crippen molar-refractivity contribution in [2.45, 2.75) is 4.90 Å². The first kappa shape index (κ1) is 15.4. The van der Waals surface area contributed by atoms with Crippen LogP contribution in [0, 0.1) is 0 Å². The van der Waals surface area contributed by atoms with Crippen LogP contribution in [0.3, 0.4) is 0 Å². The molecule has 7 heteroatoms. The van der Waals surface area contributed by atoms with Gasteiger partial charge in [-0.15, -0.1) is 6.58 Å². The number of nitrogens with zero attached hydrogens (tertiary/aromatic N) is 1. The van der Waals surface area contributed by atoms with E-state index in [4.69, 9.17) is 10.2 Å². The van der Waals surface area contributed by atoms with Crippen LogP contribution in [-0.4, -0.2) is 48.6 Å². The largest absolute Gasteiger partial charge is 0.478 e. The van der Waals surface area contributed by atoms with E-state index in [0.717, 1.165) is 4.31 Å². The second-order valence-electron chi connectivity index (χ2n) is 3.68. The van der Waals surface area contributed by atoms with Crippen LogP contribution < -0.4 is 0 Å². The third-order valence-electron chi connectivity index (χ3n) is 2.42. The maximum atomic E-state index is 12.3. The maximum Gasteiger partial charge on any atom is 0.337 e. The Morgan fingerprint density at radius 1 is 1.37 bits per heavy atom. The summed E-state index contributed by atoms with van der Waals surface area (Å²) in [5.41, 5.74) is -0.297. The van der Waals surface area contributed by atoms with Crippen molar-refractivity contribution in [2.24, 2.45) is 0 Å². The third-order valence-corrected chi connectivity index (χ3v) is 4.34. The summed E-state index contributed by atoms with van der Waals surface area (Å²) >= 11 is 0. The van der Waals surface area contributed by atoms with Gasteiger partial charge in [0, 0.05) is 13.1 Å². The van der Waals surface area contributed by atoms with Crippen LogP contribution in [0.2, 0.25) is 0 Å². The molecular formula is C12H15NO5S. The van der Waals surface area contributed by atoms with E-state index in [2.05, 4.69) is 6.58 Å². The Morgan fingerprint density at radius 3 is 2.53 bits per heavy atom. The molecule has 0 heterocycles. The Morgan fingerprint density at radius 2 is 2.00 bits per heavy atom. The first-order chi connectivity index (χ1) is 8.95. The zero-order valence-corrected chi connectivity index (χ0v) is 11.0. The molecular weight excluding hydrogens is 270 g/mol. The highest BCUT2D eigenvalue weighted by Crippen LogP contribution is 2.20. The fourth-order valence-electron chi connectivity index (χ4n) is 1.57. The van der Waals surface area contributed by atoms with E-state index in [1.54, 1.807) is 0 Å². The second-order valence-corrected chi connectivity index (χ2v) is 5.58. The van der Waals surface area contributed by atoms with Gasteiger partial charge in [0.2, 0.25) is 10.0 Å². The summed E-state index contributed by atoms with van der Waals surface area (Å²) in [6.45, 7) is 2.96. The van der Waals surface area contributed by atoms with Gasteiger partial charge in [0.25, 0.3) is 0 Å². The number of aliphatic hydroxyl groups is 1. The van der Waals surface area contributed by atoms with Crippen molar-refractivity contribution in [1.29, 1.82) is 0 Å². The number of benzene rings is 1.